The van der Waals surface area contributed by atoms with E-state index in [-0.39, 0.29) is 44.2 Å². The zero-order chi connectivity index (χ0) is 27.7. The van der Waals surface area contributed by atoms with Crippen LogP contribution in [0.25, 0.3) is 65.7 Å². The molecule has 0 fully saturated rings. The summed E-state index contributed by atoms with van der Waals surface area (Å²) in [5.41, 5.74) is 1.59. The van der Waals surface area contributed by atoms with Gasteiger partial charge in [-0.15, -0.1) is 0 Å². The third-order valence-corrected chi connectivity index (χ3v) is 8.52. The average Bonchev–Trinajstić information content (AvgIpc) is 3.22. The van der Waals surface area contributed by atoms with Crippen LogP contribution in [-0.2, 0) is 0 Å². The van der Waals surface area contributed by atoms with Gasteiger partial charge in [0.25, 0.3) is 0 Å². The number of hydrogen-bond donors (Lipinski definition) is 0. The summed E-state index contributed by atoms with van der Waals surface area (Å²) in [5.74, 6) is -0.779. The van der Waals surface area contributed by atoms with E-state index in [2.05, 4.69) is 0 Å². The highest BCUT2D eigenvalue weighted by Gasteiger charge is 2.33. The van der Waals surface area contributed by atoms with Crippen molar-refractivity contribution in [2.24, 2.45) is 0 Å². The van der Waals surface area contributed by atoms with Gasteiger partial charge in [-0.2, -0.15) is 0 Å². The lowest BCUT2D eigenvalue weighted by Crippen LogP contribution is -2.19. The van der Waals surface area contributed by atoms with Gasteiger partial charge in [0, 0.05) is 43.4 Å². The molecule has 190 valence electrons. The molecule has 6 heteroatoms. The summed E-state index contributed by atoms with van der Waals surface area (Å²) in [7, 11) is 0. The average molecular weight is 530 g/mol. The van der Waals surface area contributed by atoms with Crippen molar-refractivity contribution in [3.8, 4) is 0 Å². The van der Waals surface area contributed by atoms with Crippen molar-refractivity contribution in [2.75, 3.05) is 0 Å². The number of aromatic nitrogens is 1. The monoisotopic (exact) mass is 529 g/mol. The molecule has 5 aromatic carbocycles. The largest absolute Gasteiger partial charge is 0.306 e. The van der Waals surface area contributed by atoms with Crippen molar-refractivity contribution in [1.29, 1.82) is 0 Å². The molecule has 0 aliphatic heterocycles. The molecule has 0 bridgehead atoms. The fourth-order valence-corrected chi connectivity index (χ4v) is 6.71. The van der Waals surface area contributed by atoms with Crippen molar-refractivity contribution < 1.29 is 9.59 Å². The lowest BCUT2D eigenvalue weighted by molar-refractivity contribution is 0.0990. The summed E-state index contributed by atoms with van der Waals surface area (Å²) in [5, 5.41) is 3.82. The van der Waals surface area contributed by atoms with Crippen molar-refractivity contribution in [1.82, 2.24) is 4.40 Å². The minimum atomic E-state index is -0.390. The molecule has 3 aromatic heterocycles. The molecule has 0 amide bonds. The fourth-order valence-electron chi connectivity index (χ4n) is 6.71. The predicted molar refractivity (Wildman–Crippen MR) is 160 cm³/mol. The van der Waals surface area contributed by atoms with Crippen LogP contribution in [0.5, 0.6) is 0 Å². The maximum atomic E-state index is 13.9. The first-order chi connectivity index (χ1) is 19.9. The molecule has 9 rings (SSSR count). The van der Waals surface area contributed by atoms with E-state index in [0.717, 1.165) is 10.8 Å². The maximum absolute atomic E-state index is 13.9. The van der Waals surface area contributed by atoms with Crippen molar-refractivity contribution >= 4 is 77.3 Å². The van der Waals surface area contributed by atoms with Crippen LogP contribution >= 0.6 is 0 Å². The summed E-state index contributed by atoms with van der Waals surface area (Å²) in [4.78, 5) is 68.0. The first-order valence-corrected chi connectivity index (χ1v) is 13.1. The SMILES string of the molecule is O=C1C(=Cc2cc3c(=O)c4cccc5c(=O)c6cccc7c(=O)c(c2)c3n(c54)c67)C(=O)c2cc3ccccc3cc21. The Labute approximate surface area is 229 Å². The van der Waals surface area contributed by atoms with Crippen LogP contribution in [-0.4, -0.2) is 16.0 Å². The lowest BCUT2D eigenvalue weighted by Gasteiger charge is -2.18. The highest BCUT2D eigenvalue weighted by Crippen LogP contribution is 2.35. The fraction of sp³-hybridized carbons (Fsp3) is 0. The zero-order valence-corrected chi connectivity index (χ0v) is 21.1. The summed E-state index contributed by atoms with van der Waals surface area (Å²) in [6, 6.07) is 24.4. The van der Waals surface area contributed by atoms with E-state index in [4.69, 9.17) is 0 Å². The minimum Gasteiger partial charge on any atom is -0.306 e. The Hall–Kier alpha value is -5.75. The van der Waals surface area contributed by atoms with E-state index >= 15 is 0 Å². The molecule has 0 radical (unpaired) electrons. The molecule has 0 spiro atoms. The summed E-state index contributed by atoms with van der Waals surface area (Å²) < 4.78 is 1.86. The number of pyridine rings is 3. The molecule has 1 aliphatic rings. The van der Waals surface area contributed by atoms with Gasteiger partial charge < -0.3 is 4.40 Å². The number of rotatable bonds is 1. The molecule has 0 saturated heterocycles. The van der Waals surface area contributed by atoms with E-state index in [1.807, 2.05) is 28.7 Å². The summed E-state index contributed by atoms with van der Waals surface area (Å²) in [6.45, 7) is 0. The van der Waals surface area contributed by atoms with Crippen LogP contribution in [0.2, 0.25) is 0 Å². The normalized spacial score (nSPS) is 13.7. The van der Waals surface area contributed by atoms with Gasteiger partial charge in [-0.3, -0.25) is 24.0 Å². The highest BCUT2D eigenvalue weighted by molar-refractivity contribution is 6.42. The smallest absolute Gasteiger partial charge is 0.197 e. The Morgan fingerprint density at radius 1 is 0.463 bits per heavy atom. The number of carbonyl (C=O) groups excluding carboxylic acids is 2. The third-order valence-electron chi connectivity index (χ3n) is 8.52. The quantitative estimate of drug-likeness (QED) is 0.120. The molecule has 41 heavy (non-hydrogen) atoms. The minimum absolute atomic E-state index is 0.0112. The van der Waals surface area contributed by atoms with Gasteiger partial charge in [-0.25, -0.2) is 0 Å². The number of nitrogens with zero attached hydrogens (tertiary/aromatic N) is 1. The van der Waals surface area contributed by atoms with Crippen LogP contribution in [0.3, 0.4) is 0 Å². The molecule has 8 aromatic rings. The van der Waals surface area contributed by atoms with Crippen molar-refractivity contribution in [3.05, 3.63) is 138 Å². The van der Waals surface area contributed by atoms with Crippen LogP contribution in [0.1, 0.15) is 26.3 Å². The number of Topliss-reactive ketones (excluding diaryl/α,β-unsaturated/α-hetero) is 2. The molecule has 0 saturated carbocycles. The second-order valence-electron chi connectivity index (χ2n) is 10.7. The Morgan fingerprint density at radius 2 is 0.878 bits per heavy atom. The molecule has 0 unspecified atom stereocenters. The molecular weight excluding hydrogens is 514 g/mol. The predicted octanol–water partition coefficient (Wildman–Crippen LogP) is 5.56. The van der Waals surface area contributed by atoms with Gasteiger partial charge in [0.2, 0.25) is 0 Å². The molecule has 6 nitrogen and oxygen atoms in total. The molecule has 1 aliphatic carbocycles. The maximum Gasteiger partial charge on any atom is 0.197 e. The van der Waals surface area contributed by atoms with Gasteiger partial charge in [-0.1, -0.05) is 36.4 Å². The number of carbonyl (C=O) groups is 2. The summed E-state index contributed by atoms with van der Waals surface area (Å²) >= 11 is 0. The third kappa shape index (κ3) is 2.59. The topological polar surface area (TPSA) is 89.8 Å². The molecular formula is C35H15NO5. The van der Waals surface area contributed by atoms with Crippen LogP contribution in [0.15, 0.2) is 105 Å². The van der Waals surface area contributed by atoms with E-state index < -0.39 is 0 Å². The van der Waals surface area contributed by atoms with Gasteiger partial charge in [0.05, 0.1) is 22.1 Å². The lowest BCUT2D eigenvalue weighted by atomic mass is 9.95. The van der Waals surface area contributed by atoms with Gasteiger partial charge >= 0.3 is 0 Å². The summed E-state index contributed by atoms with van der Waals surface area (Å²) in [6.07, 6.45) is 1.48. The first-order valence-electron chi connectivity index (χ1n) is 13.1. The number of para-hydroxylation sites is 2. The molecule has 0 atom stereocenters. The number of allylic oxidation sites excluding steroid dienone is 1. The van der Waals surface area contributed by atoms with Gasteiger partial charge in [0.1, 0.15) is 0 Å². The number of fused-ring (bicyclic) bond motifs is 2. The second-order valence-corrected chi connectivity index (χ2v) is 10.7. The Balaban J connectivity index is 1.40. The zero-order valence-electron chi connectivity index (χ0n) is 21.1. The van der Waals surface area contributed by atoms with E-state index in [1.165, 1.54) is 6.08 Å². The number of hydrogen-bond acceptors (Lipinski definition) is 5. The molecule has 0 N–H and O–H groups in total. The van der Waals surface area contributed by atoms with Crippen molar-refractivity contribution in [3.63, 3.8) is 0 Å². The standard InChI is InChI=1S/C35H15NO5/c37-31-19-7-3-9-21-28(19)36-29-20(31)8-4-10-22(29)33(39)26-12-16(11-25(30(26)36)32(21)38)13-27-34(40)23-14-17-5-1-2-6-18(17)15-24(23)35(27)41/h1-15H. The second kappa shape index (κ2) is 7.25. The van der Waals surface area contributed by atoms with E-state index in [9.17, 15) is 24.0 Å². The number of benzene rings is 5. The number of ketones is 2. The van der Waals surface area contributed by atoms with Crippen molar-refractivity contribution in [2.45, 2.75) is 0 Å². The van der Waals surface area contributed by atoms with E-state index in [0.29, 0.717) is 54.8 Å². The van der Waals surface area contributed by atoms with Gasteiger partial charge in [0.15, 0.2) is 27.9 Å². The molecule has 3 heterocycles. The van der Waals surface area contributed by atoms with Crippen LogP contribution < -0.4 is 16.3 Å². The Kier molecular flexibility index (Phi) is 3.91. The highest BCUT2D eigenvalue weighted by atomic mass is 16.2. The van der Waals surface area contributed by atoms with Gasteiger partial charge in [-0.05, 0) is 70.9 Å². The Bertz CT molecular complexity index is 2560. The van der Waals surface area contributed by atoms with Crippen LogP contribution in [0.4, 0.5) is 0 Å². The Morgan fingerprint density at radius 3 is 1.34 bits per heavy atom. The van der Waals surface area contributed by atoms with Crippen LogP contribution in [0, 0.1) is 0 Å². The first kappa shape index (κ1) is 22.1. The van der Waals surface area contributed by atoms with E-state index in [1.54, 1.807) is 60.7 Å².